The highest BCUT2D eigenvalue weighted by molar-refractivity contribution is 8.11. The number of hydrogen-bond donors (Lipinski definition) is 0. The molecule has 45 heavy (non-hydrogen) atoms. The van der Waals surface area contributed by atoms with Crippen LogP contribution in [0.25, 0.3) is 0 Å². The monoisotopic (exact) mass is 646 g/mol. The van der Waals surface area contributed by atoms with Crippen LogP contribution in [0.3, 0.4) is 0 Å². The largest absolute Gasteiger partial charge is 0.374 e. The van der Waals surface area contributed by atoms with Gasteiger partial charge in [0.1, 0.15) is 24.4 Å². The van der Waals surface area contributed by atoms with E-state index in [1.807, 2.05) is 142 Å². The predicted molar refractivity (Wildman–Crippen MR) is 182 cm³/mol. The molecule has 238 valence electrons. The molecular formula is C37H43O6PS. The Labute approximate surface area is 272 Å². The minimum absolute atomic E-state index is 0.264. The van der Waals surface area contributed by atoms with E-state index in [1.165, 1.54) is 0 Å². The molecule has 1 aliphatic heterocycles. The van der Waals surface area contributed by atoms with E-state index in [0.29, 0.717) is 26.4 Å². The highest BCUT2D eigenvalue weighted by atomic mass is 32.4. The molecule has 1 fully saturated rings. The topological polar surface area (TPSA) is 55.4 Å². The van der Waals surface area contributed by atoms with Crippen molar-refractivity contribution < 1.29 is 28.2 Å². The van der Waals surface area contributed by atoms with Gasteiger partial charge >= 0.3 is 0 Å². The van der Waals surface area contributed by atoms with Crippen LogP contribution < -0.4 is 0 Å². The van der Waals surface area contributed by atoms with Crippen LogP contribution in [0.15, 0.2) is 121 Å². The Balaban J connectivity index is 1.48. The number of ether oxygens (including phenoxy) is 5. The van der Waals surface area contributed by atoms with Crippen molar-refractivity contribution in [3.63, 3.8) is 0 Å². The van der Waals surface area contributed by atoms with Gasteiger partial charge in [-0.2, -0.15) is 0 Å². The first-order valence-electron chi connectivity index (χ1n) is 15.3. The Morgan fingerprint density at radius 2 is 1.00 bits per heavy atom. The van der Waals surface area contributed by atoms with Crippen molar-refractivity contribution in [2.45, 2.75) is 63.6 Å². The molecule has 4 aromatic rings. The van der Waals surface area contributed by atoms with Crippen LogP contribution in [-0.2, 0) is 66.4 Å². The summed E-state index contributed by atoms with van der Waals surface area (Å²) in [5, 5.41) is 0. The summed E-state index contributed by atoms with van der Waals surface area (Å²) in [4.78, 5) is 0. The maximum absolute atomic E-state index is 6.86. The van der Waals surface area contributed by atoms with Gasteiger partial charge in [-0.1, -0.05) is 133 Å². The summed E-state index contributed by atoms with van der Waals surface area (Å²) < 4.78 is 40.0. The zero-order chi connectivity index (χ0) is 31.5. The van der Waals surface area contributed by atoms with Crippen molar-refractivity contribution in [1.82, 2.24) is 0 Å². The SMILES string of the molecule is C[C@]1(OP(C)(C)=S)O[C@H](COCc2ccccc2)[C@@H](OCc2ccccc2)[C@H](OCc2ccccc2)[C@H]1OCc1ccccc1. The average Bonchev–Trinajstić information content (AvgIpc) is 3.04. The zero-order valence-electron chi connectivity index (χ0n) is 26.2. The van der Waals surface area contributed by atoms with Crippen molar-refractivity contribution in [3.8, 4) is 0 Å². The van der Waals surface area contributed by atoms with Crippen LogP contribution in [0.5, 0.6) is 0 Å². The first kappa shape index (κ1) is 33.6. The average molecular weight is 647 g/mol. The summed E-state index contributed by atoms with van der Waals surface area (Å²) in [6.45, 7) is 7.59. The molecule has 8 heteroatoms. The fourth-order valence-electron chi connectivity index (χ4n) is 5.55. The summed E-state index contributed by atoms with van der Waals surface area (Å²) in [5.74, 6) is -1.22. The van der Waals surface area contributed by atoms with E-state index in [1.54, 1.807) is 0 Å². The Hall–Kier alpha value is -2.71. The maximum atomic E-state index is 6.86. The van der Waals surface area contributed by atoms with Crippen LogP contribution >= 0.6 is 6.26 Å². The Kier molecular flexibility index (Phi) is 12.1. The number of hydrogen-bond acceptors (Lipinski definition) is 7. The molecule has 1 aliphatic rings. The van der Waals surface area contributed by atoms with Crippen molar-refractivity contribution in [2.75, 3.05) is 19.9 Å². The number of rotatable bonds is 15. The molecule has 1 saturated heterocycles. The van der Waals surface area contributed by atoms with Crippen LogP contribution in [0.2, 0.25) is 0 Å². The second-order valence-electron chi connectivity index (χ2n) is 11.8. The van der Waals surface area contributed by atoms with E-state index in [2.05, 4.69) is 0 Å². The molecule has 0 N–H and O–H groups in total. The van der Waals surface area contributed by atoms with Crippen LogP contribution in [0.4, 0.5) is 0 Å². The van der Waals surface area contributed by atoms with Crippen LogP contribution in [0.1, 0.15) is 29.2 Å². The third-order valence-electron chi connectivity index (χ3n) is 7.53. The van der Waals surface area contributed by atoms with Gasteiger partial charge in [-0.25, -0.2) is 0 Å². The Bertz CT molecular complexity index is 1470. The minimum Gasteiger partial charge on any atom is -0.374 e. The summed E-state index contributed by atoms with van der Waals surface area (Å²) in [6.07, 6.45) is -4.51. The normalized spacial score (nSPS) is 23.5. The fraction of sp³-hybridized carbons (Fsp3) is 0.351. The summed E-state index contributed by atoms with van der Waals surface area (Å²) >= 11 is 5.83. The van der Waals surface area contributed by atoms with Crippen molar-refractivity contribution in [2.24, 2.45) is 0 Å². The van der Waals surface area contributed by atoms with Gasteiger partial charge in [0, 0.05) is 0 Å². The lowest BCUT2D eigenvalue weighted by Crippen LogP contribution is -2.66. The van der Waals surface area contributed by atoms with Crippen LogP contribution in [0, 0.1) is 0 Å². The second-order valence-corrected chi connectivity index (χ2v) is 17.1. The van der Waals surface area contributed by atoms with E-state index in [0.717, 1.165) is 22.3 Å². The van der Waals surface area contributed by atoms with Crippen molar-refractivity contribution in [3.05, 3.63) is 144 Å². The Morgan fingerprint density at radius 3 is 1.44 bits per heavy atom. The third-order valence-corrected chi connectivity index (χ3v) is 8.55. The summed E-state index contributed by atoms with van der Waals surface area (Å²) in [6, 6.07) is 40.4. The number of benzene rings is 4. The first-order chi connectivity index (χ1) is 21.8. The van der Waals surface area contributed by atoms with Gasteiger partial charge in [0.2, 0.25) is 0 Å². The molecule has 0 aliphatic carbocycles. The third kappa shape index (κ3) is 10.1. The van der Waals surface area contributed by atoms with E-state index in [-0.39, 0.29) is 6.61 Å². The van der Waals surface area contributed by atoms with E-state index < -0.39 is 36.5 Å². The van der Waals surface area contributed by atoms with Crippen LogP contribution in [-0.4, -0.2) is 50.1 Å². The highest BCUT2D eigenvalue weighted by Crippen LogP contribution is 2.49. The Morgan fingerprint density at radius 1 is 0.600 bits per heavy atom. The molecule has 0 spiro atoms. The molecule has 1 heterocycles. The van der Waals surface area contributed by atoms with Gasteiger partial charge in [0.25, 0.3) is 0 Å². The molecule has 0 aromatic heterocycles. The summed E-state index contributed by atoms with van der Waals surface area (Å²) in [5.41, 5.74) is 4.20. The highest BCUT2D eigenvalue weighted by Gasteiger charge is 2.56. The van der Waals surface area contributed by atoms with Gasteiger partial charge in [-0.3, -0.25) is 0 Å². The lowest BCUT2D eigenvalue weighted by atomic mass is 9.92. The smallest absolute Gasteiger partial charge is 0.199 e. The lowest BCUT2D eigenvalue weighted by molar-refractivity contribution is -0.353. The second kappa shape index (κ2) is 16.2. The van der Waals surface area contributed by atoms with Gasteiger partial charge in [-0.05, 0) is 42.5 Å². The molecular weight excluding hydrogens is 603 g/mol. The fourth-order valence-corrected chi connectivity index (χ4v) is 7.01. The molecule has 4 aromatic carbocycles. The molecule has 0 amide bonds. The minimum atomic E-state index is -2.23. The first-order valence-corrected chi connectivity index (χ1v) is 18.9. The van der Waals surface area contributed by atoms with Gasteiger partial charge in [-0.15, -0.1) is 0 Å². The van der Waals surface area contributed by atoms with Crippen molar-refractivity contribution >= 4 is 18.1 Å². The standard InChI is InChI=1S/C37H43O6PS/c1-37(43-44(2,3)45)36(41-27-32-22-14-7-15-23-32)35(40-26-31-20-12-6-13-21-31)34(39-25-30-18-10-5-11-19-30)33(42-37)28-38-24-29-16-8-4-9-17-29/h4-23,33-36H,24-28H2,1-3H3/t33-,34-,35+,36-,37-/m1/s1. The molecule has 0 radical (unpaired) electrons. The summed E-state index contributed by atoms with van der Waals surface area (Å²) in [7, 11) is 0. The van der Waals surface area contributed by atoms with Gasteiger partial charge in [0.15, 0.2) is 5.79 Å². The van der Waals surface area contributed by atoms with E-state index in [4.69, 9.17) is 40.0 Å². The lowest BCUT2D eigenvalue weighted by Gasteiger charge is -2.51. The van der Waals surface area contributed by atoms with Gasteiger partial charge in [0.05, 0.1) is 39.3 Å². The molecule has 5 rings (SSSR count). The predicted octanol–water partition coefficient (Wildman–Crippen LogP) is 7.75. The maximum Gasteiger partial charge on any atom is 0.199 e. The molecule has 5 atom stereocenters. The quantitative estimate of drug-likeness (QED) is 0.123. The van der Waals surface area contributed by atoms with E-state index >= 15 is 0 Å². The molecule has 6 nitrogen and oxygen atoms in total. The van der Waals surface area contributed by atoms with E-state index in [9.17, 15) is 0 Å². The molecule has 0 bridgehead atoms. The van der Waals surface area contributed by atoms with Crippen molar-refractivity contribution in [1.29, 1.82) is 0 Å². The van der Waals surface area contributed by atoms with Gasteiger partial charge < -0.3 is 28.2 Å². The zero-order valence-corrected chi connectivity index (χ0v) is 27.9. The molecule has 0 unspecified atom stereocenters. The molecule has 0 saturated carbocycles.